The largest absolute Gasteiger partial charge is 0.349 e. The van der Waals surface area contributed by atoms with E-state index in [1.807, 2.05) is 0 Å². The van der Waals surface area contributed by atoms with Crippen molar-refractivity contribution in [3.63, 3.8) is 0 Å². The minimum atomic E-state index is -0.272. The predicted molar refractivity (Wildman–Crippen MR) is 56.2 cm³/mol. The summed E-state index contributed by atoms with van der Waals surface area (Å²) in [4.78, 5) is 21.9. The number of hydrogen-bond acceptors (Lipinski definition) is 4. The van der Waals surface area contributed by atoms with E-state index in [1.165, 1.54) is 11.3 Å². The van der Waals surface area contributed by atoms with Crippen molar-refractivity contribution in [3.05, 3.63) is 21.3 Å². The van der Waals surface area contributed by atoms with Crippen molar-refractivity contribution in [3.8, 4) is 0 Å². The second kappa shape index (κ2) is 5.69. The molecule has 0 unspecified atom stereocenters. The van der Waals surface area contributed by atoms with E-state index in [9.17, 15) is 9.59 Å². The van der Waals surface area contributed by atoms with Crippen LogP contribution in [0.4, 0.5) is 0 Å². The zero-order chi connectivity index (χ0) is 11.3. The van der Waals surface area contributed by atoms with E-state index in [0.717, 1.165) is 0 Å². The average Bonchev–Trinajstić information content (AvgIpc) is 2.64. The molecule has 1 rings (SSSR count). The highest BCUT2D eigenvalue weighted by Gasteiger charge is 2.07. The normalized spacial score (nSPS) is 9.73. The molecule has 2 N–H and O–H groups in total. The Hall–Kier alpha value is -1.11. The third-order valence-electron chi connectivity index (χ3n) is 1.55. The van der Waals surface area contributed by atoms with Gasteiger partial charge < -0.3 is 5.32 Å². The number of carbonyl (C=O) groups is 2. The molecule has 0 atom stereocenters. The van der Waals surface area contributed by atoms with Crippen molar-refractivity contribution in [2.24, 2.45) is 0 Å². The zero-order valence-electron chi connectivity index (χ0n) is 7.64. The summed E-state index contributed by atoms with van der Waals surface area (Å²) in [5.74, 6) is -0.272. The maximum atomic E-state index is 11.4. The van der Waals surface area contributed by atoms with Gasteiger partial charge in [0, 0.05) is 6.54 Å². The Balaban J connectivity index is 2.34. The van der Waals surface area contributed by atoms with Crippen LogP contribution in [0.2, 0.25) is 4.34 Å². The first kappa shape index (κ1) is 12.0. The molecule has 82 valence electrons. The maximum absolute atomic E-state index is 11.4. The summed E-state index contributed by atoms with van der Waals surface area (Å²) in [5.41, 5.74) is 0. The lowest BCUT2D eigenvalue weighted by Gasteiger charge is -2.08. The molecule has 0 aromatic carbocycles. The van der Waals surface area contributed by atoms with E-state index in [4.69, 9.17) is 16.8 Å². The van der Waals surface area contributed by atoms with Gasteiger partial charge in [-0.3, -0.25) is 14.8 Å². The summed E-state index contributed by atoms with van der Waals surface area (Å²) in [6.07, 6.45) is 0.272. The molecule has 1 heterocycles. The molecule has 0 aliphatic carbocycles. The van der Waals surface area contributed by atoms with E-state index in [0.29, 0.717) is 14.3 Å². The fourth-order valence-electron chi connectivity index (χ4n) is 0.860. The van der Waals surface area contributed by atoms with Gasteiger partial charge in [0.1, 0.15) is 0 Å². The van der Waals surface area contributed by atoms with Crippen LogP contribution in [0.1, 0.15) is 9.67 Å². The third-order valence-corrected chi connectivity index (χ3v) is 2.78. The van der Waals surface area contributed by atoms with Crippen LogP contribution in [0.5, 0.6) is 0 Å². The van der Waals surface area contributed by atoms with Gasteiger partial charge in [0.25, 0.3) is 5.91 Å². The highest BCUT2D eigenvalue weighted by Crippen LogP contribution is 2.20. The molecule has 7 heteroatoms. The molecule has 1 aromatic rings. The Morgan fingerprint density at radius 2 is 2.40 bits per heavy atom. The smallest absolute Gasteiger partial charge is 0.261 e. The lowest BCUT2D eigenvalue weighted by molar-refractivity contribution is -0.149. The van der Waals surface area contributed by atoms with Gasteiger partial charge in [-0.1, -0.05) is 11.6 Å². The van der Waals surface area contributed by atoms with E-state index >= 15 is 0 Å². The third kappa shape index (κ3) is 3.86. The van der Waals surface area contributed by atoms with Crippen LogP contribution in [0.25, 0.3) is 0 Å². The first-order valence-electron chi connectivity index (χ1n) is 4.08. The van der Waals surface area contributed by atoms with Gasteiger partial charge in [-0.25, -0.2) is 5.06 Å². The van der Waals surface area contributed by atoms with Crippen molar-refractivity contribution >= 4 is 35.3 Å². The minimum absolute atomic E-state index is 0.0499. The van der Waals surface area contributed by atoms with E-state index in [1.54, 1.807) is 12.1 Å². The number of rotatable bonds is 5. The molecule has 0 saturated heterocycles. The zero-order valence-corrected chi connectivity index (χ0v) is 9.22. The van der Waals surface area contributed by atoms with Crippen molar-refractivity contribution in [2.75, 3.05) is 13.1 Å². The lowest BCUT2D eigenvalue weighted by Crippen LogP contribution is -2.32. The van der Waals surface area contributed by atoms with Crippen LogP contribution in [0.15, 0.2) is 12.1 Å². The number of halogens is 1. The molecule has 5 nitrogen and oxygen atoms in total. The van der Waals surface area contributed by atoms with Crippen LogP contribution in [-0.2, 0) is 4.79 Å². The second-order valence-corrected chi connectivity index (χ2v) is 4.34. The molecule has 0 aliphatic heterocycles. The monoisotopic (exact) mass is 248 g/mol. The molecule has 15 heavy (non-hydrogen) atoms. The minimum Gasteiger partial charge on any atom is -0.349 e. The number of nitrogens with zero attached hydrogens (tertiary/aromatic N) is 1. The van der Waals surface area contributed by atoms with Gasteiger partial charge in [0.05, 0.1) is 15.8 Å². The number of hydrogen-bond donors (Lipinski definition) is 2. The number of hydroxylamine groups is 2. The Kier molecular flexibility index (Phi) is 4.54. The number of thiophene rings is 1. The van der Waals surface area contributed by atoms with Gasteiger partial charge in [-0.15, -0.1) is 11.3 Å². The first-order valence-corrected chi connectivity index (χ1v) is 5.27. The van der Waals surface area contributed by atoms with E-state index in [-0.39, 0.29) is 25.4 Å². The Morgan fingerprint density at radius 3 is 2.93 bits per heavy atom. The van der Waals surface area contributed by atoms with Crippen molar-refractivity contribution < 1.29 is 14.8 Å². The average molecular weight is 249 g/mol. The molecule has 0 spiro atoms. The van der Waals surface area contributed by atoms with Crippen molar-refractivity contribution in [2.45, 2.75) is 0 Å². The molecule has 0 aliphatic rings. The fourth-order valence-corrected chi connectivity index (χ4v) is 1.82. The SMILES string of the molecule is O=CN(O)CCNC(=O)c1ccc(Cl)s1. The Bertz CT molecular complexity index is 355. The number of carbonyl (C=O) groups excluding carboxylic acids is 2. The van der Waals surface area contributed by atoms with E-state index < -0.39 is 0 Å². The molecule has 0 saturated carbocycles. The van der Waals surface area contributed by atoms with Gasteiger partial charge >= 0.3 is 0 Å². The molecule has 2 amide bonds. The van der Waals surface area contributed by atoms with Crippen LogP contribution >= 0.6 is 22.9 Å². The van der Waals surface area contributed by atoms with Crippen LogP contribution in [0, 0.1) is 0 Å². The first-order chi connectivity index (χ1) is 7.13. The highest BCUT2D eigenvalue weighted by atomic mass is 35.5. The lowest BCUT2D eigenvalue weighted by atomic mass is 10.4. The van der Waals surface area contributed by atoms with Gasteiger partial charge in [-0.2, -0.15) is 0 Å². The summed E-state index contributed by atoms with van der Waals surface area (Å²) in [7, 11) is 0. The molecule has 1 aromatic heterocycles. The molecule has 0 bridgehead atoms. The Morgan fingerprint density at radius 1 is 1.67 bits per heavy atom. The predicted octanol–water partition coefficient (Wildman–Crippen LogP) is 0.979. The fraction of sp³-hybridized carbons (Fsp3) is 0.250. The summed E-state index contributed by atoms with van der Waals surface area (Å²) < 4.78 is 0.539. The van der Waals surface area contributed by atoms with Crippen molar-refractivity contribution in [1.29, 1.82) is 0 Å². The quantitative estimate of drug-likeness (QED) is 0.464. The summed E-state index contributed by atoms with van der Waals surface area (Å²) >= 11 is 6.82. The second-order valence-electron chi connectivity index (χ2n) is 2.63. The topological polar surface area (TPSA) is 69.6 Å². The van der Waals surface area contributed by atoms with Gasteiger partial charge in [0.2, 0.25) is 6.41 Å². The molecule has 0 fully saturated rings. The number of amides is 2. The summed E-state index contributed by atoms with van der Waals surface area (Å²) in [5, 5.41) is 11.7. The van der Waals surface area contributed by atoms with Crippen LogP contribution in [0.3, 0.4) is 0 Å². The highest BCUT2D eigenvalue weighted by molar-refractivity contribution is 7.17. The molecular weight excluding hydrogens is 240 g/mol. The number of nitrogens with one attached hydrogen (secondary N) is 1. The molecular formula is C8H9ClN2O3S. The summed E-state index contributed by atoms with van der Waals surface area (Å²) in [6.45, 7) is 0.234. The van der Waals surface area contributed by atoms with Gasteiger partial charge in [0.15, 0.2) is 0 Å². The molecule has 0 radical (unpaired) electrons. The van der Waals surface area contributed by atoms with E-state index in [2.05, 4.69) is 5.32 Å². The Labute approximate surface area is 95.2 Å². The van der Waals surface area contributed by atoms with Crippen LogP contribution in [-0.4, -0.2) is 35.7 Å². The van der Waals surface area contributed by atoms with Gasteiger partial charge in [-0.05, 0) is 12.1 Å². The summed E-state index contributed by atoms with van der Waals surface area (Å²) in [6, 6.07) is 3.24. The van der Waals surface area contributed by atoms with Crippen LogP contribution < -0.4 is 5.32 Å². The van der Waals surface area contributed by atoms with Crippen molar-refractivity contribution in [1.82, 2.24) is 10.4 Å². The standard InChI is InChI=1S/C8H9ClN2O3S/c9-7-2-1-6(15-7)8(13)10-3-4-11(14)5-12/h1-2,5,14H,3-4H2,(H,10,13). The maximum Gasteiger partial charge on any atom is 0.261 e.